The van der Waals surface area contributed by atoms with Gasteiger partial charge in [-0.15, -0.1) is 24.0 Å². The van der Waals surface area contributed by atoms with Crippen LogP contribution in [0.3, 0.4) is 0 Å². The number of amides is 6. The Balaban J connectivity index is 0.000000259. The van der Waals surface area contributed by atoms with Crippen LogP contribution in [0.2, 0.25) is 0 Å². The summed E-state index contributed by atoms with van der Waals surface area (Å²) in [5.41, 5.74) is 0.712. The molecule has 3 aliphatic heterocycles. The number of urea groups is 2. The van der Waals surface area contributed by atoms with E-state index < -0.39 is 72.9 Å². The zero-order chi connectivity index (χ0) is 26.8. The van der Waals surface area contributed by atoms with E-state index in [0.29, 0.717) is 17.0 Å². The molecule has 6 N–H and O–H groups in total. The number of halogens is 5. The van der Waals surface area contributed by atoms with Gasteiger partial charge in [0.05, 0.1) is 18.8 Å². The van der Waals surface area contributed by atoms with Gasteiger partial charge in [-0.3, -0.25) is 25.1 Å². The maximum atomic E-state index is 12.7. The summed E-state index contributed by atoms with van der Waals surface area (Å²) in [6, 6.07) is -1.85. The molecule has 4 fully saturated rings. The fraction of sp³-hybridized carbons (Fsp3) is 0.750. The molecule has 0 bridgehead atoms. The molecular formula is C20H28Cl2F3N5O7. The molecule has 12 nitrogen and oxygen atoms in total. The van der Waals surface area contributed by atoms with Crippen molar-refractivity contribution in [2.24, 2.45) is 11.8 Å². The SMILES string of the molecule is Cl.N=C1CCCC1CC1NC(=O)NC(=O)C1Cl.O=C1NC(=O)N([C@H]2C[C@H](O)[C@@H](CO)O2)CC1C(F)(F)F. The molecule has 4 rings (SSSR count). The minimum atomic E-state index is -4.78. The number of carbonyl (C=O) groups is 4. The first-order chi connectivity index (χ1) is 16.8. The highest BCUT2D eigenvalue weighted by Crippen LogP contribution is 2.32. The molecule has 0 spiro atoms. The molecule has 37 heavy (non-hydrogen) atoms. The summed E-state index contributed by atoms with van der Waals surface area (Å²) in [4.78, 5) is 45.9. The van der Waals surface area contributed by atoms with Crippen molar-refractivity contribution in [1.29, 1.82) is 5.41 Å². The van der Waals surface area contributed by atoms with Gasteiger partial charge < -0.3 is 25.7 Å². The Labute approximate surface area is 220 Å². The van der Waals surface area contributed by atoms with E-state index in [1.165, 1.54) is 0 Å². The minimum absolute atomic E-state index is 0. The molecule has 4 unspecified atom stereocenters. The number of rotatable bonds is 4. The van der Waals surface area contributed by atoms with E-state index in [1.807, 2.05) is 0 Å². The number of nitrogens with one attached hydrogen (secondary N) is 4. The number of hydrogen-bond acceptors (Lipinski definition) is 8. The van der Waals surface area contributed by atoms with Gasteiger partial charge in [0.15, 0.2) is 5.92 Å². The monoisotopic (exact) mass is 577 g/mol. The van der Waals surface area contributed by atoms with Crippen molar-refractivity contribution < 1.29 is 47.3 Å². The summed E-state index contributed by atoms with van der Waals surface area (Å²) in [6.07, 6.45) is -4.68. The lowest BCUT2D eigenvalue weighted by molar-refractivity contribution is -0.192. The molecule has 0 aromatic rings. The van der Waals surface area contributed by atoms with Gasteiger partial charge in [-0.1, -0.05) is 0 Å². The average molecular weight is 578 g/mol. The number of hydrogen-bond donors (Lipinski definition) is 6. The molecular weight excluding hydrogens is 550 g/mol. The summed E-state index contributed by atoms with van der Waals surface area (Å²) in [5.74, 6) is -4.03. The highest BCUT2D eigenvalue weighted by atomic mass is 35.5. The first kappa shape index (κ1) is 31.0. The van der Waals surface area contributed by atoms with E-state index in [2.05, 4.69) is 10.6 Å². The van der Waals surface area contributed by atoms with Crippen LogP contribution >= 0.6 is 24.0 Å². The van der Waals surface area contributed by atoms with E-state index in [-0.39, 0.29) is 30.8 Å². The zero-order valence-corrected chi connectivity index (χ0v) is 20.9. The number of aliphatic hydroxyl groups is 2. The smallest absolute Gasteiger partial charge is 0.394 e. The van der Waals surface area contributed by atoms with E-state index in [1.54, 1.807) is 5.32 Å². The second-order valence-corrected chi connectivity index (χ2v) is 9.45. The fourth-order valence-corrected chi connectivity index (χ4v) is 4.72. The van der Waals surface area contributed by atoms with Crippen LogP contribution in [-0.4, -0.2) is 93.9 Å². The van der Waals surface area contributed by atoms with Crippen molar-refractivity contribution in [3.8, 4) is 0 Å². The van der Waals surface area contributed by atoms with Crippen LogP contribution in [0, 0.1) is 17.2 Å². The van der Waals surface area contributed by atoms with Crippen LogP contribution in [0.1, 0.15) is 32.1 Å². The predicted octanol–water partition coefficient (Wildman–Crippen LogP) is 0.618. The zero-order valence-electron chi connectivity index (χ0n) is 19.3. The molecule has 17 heteroatoms. The summed E-state index contributed by atoms with van der Waals surface area (Å²) in [7, 11) is 0. The second kappa shape index (κ2) is 12.6. The Morgan fingerprint density at radius 1 is 1.16 bits per heavy atom. The Hall–Kier alpha value is -2.20. The minimum Gasteiger partial charge on any atom is -0.394 e. The van der Waals surface area contributed by atoms with E-state index in [9.17, 15) is 37.5 Å². The third kappa shape index (κ3) is 7.44. The molecule has 0 aromatic heterocycles. The quantitative estimate of drug-likeness (QED) is 0.265. The third-order valence-corrected chi connectivity index (χ3v) is 7.00. The highest BCUT2D eigenvalue weighted by Gasteiger charge is 2.52. The number of nitrogens with zero attached hydrogens (tertiary/aromatic N) is 1. The number of carbonyl (C=O) groups excluding carboxylic acids is 4. The van der Waals surface area contributed by atoms with Gasteiger partial charge in [0.1, 0.15) is 17.7 Å². The van der Waals surface area contributed by atoms with Gasteiger partial charge in [-0.2, -0.15) is 13.2 Å². The summed E-state index contributed by atoms with van der Waals surface area (Å²) < 4.78 is 43.1. The van der Waals surface area contributed by atoms with Crippen molar-refractivity contribution in [2.45, 2.75) is 68.1 Å². The largest absolute Gasteiger partial charge is 0.402 e. The van der Waals surface area contributed by atoms with Gasteiger partial charge in [0.25, 0.3) is 0 Å². The standard InChI is InChI=1S/C10H14ClN3O2.C10H13F3N2O5.ClH/c11-8-7(13-10(16)14-9(8)15)4-5-2-1-3-6(5)12;11-10(12,13)4-2-15(9(19)14-8(4)18)7-1-5(17)6(3-16)20-7;/h5,7-8,12H,1-4H2,(H2,13,14,15,16);4-7,16-17H,1-3H2,(H,14,18,19);1H/t;4?,5-,6+,7+;/m.0./s1. The molecule has 3 saturated heterocycles. The van der Waals surface area contributed by atoms with Crippen LogP contribution < -0.4 is 16.0 Å². The summed E-state index contributed by atoms with van der Waals surface area (Å²) in [5, 5.41) is 31.8. The molecule has 1 saturated carbocycles. The number of imide groups is 2. The Bertz CT molecular complexity index is 912. The molecule has 4 aliphatic rings. The van der Waals surface area contributed by atoms with Crippen LogP contribution in [0.25, 0.3) is 0 Å². The number of alkyl halides is 4. The second-order valence-electron chi connectivity index (χ2n) is 8.98. The lowest BCUT2D eigenvalue weighted by Crippen LogP contribution is -2.60. The normalized spacial score (nSPS) is 34.2. The van der Waals surface area contributed by atoms with Gasteiger partial charge in [-0.05, 0) is 31.6 Å². The van der Waals surface area contributed by atoms with Crippen LogP contribution in [0.5, 0.6) is 0 Å². The Morgan fingerprint density at radius 2 is 1.84 bits per heavy atom. The van der Waals surface area contributed by atoms with E-state index >= 15 is 0 Å². The Morgan fingerprint density at radius 3 is 2.38 bits per heavy atom. The van der Waals surface area contributed by atoms with Crippen LogP contribution in [0.15, 0.2) is 0 Å². The van der Waals surface area contributed by atoms with E-state index in [4.69, 9.17) is 26.9 Å². The van der Waals surface area contributed by atoms with Crippen molar-refractivity contribution >= 4 is 53.6 Å². The van der Waals surface area contributed by atoms with Gasteiger partial charge >= 0.3 is 18.2 Å². The number of aliphatic hydroxyl groups excluding tert-OH is 2. The number of ether oxygens (including phenoxy) is 1. The fourth-order valence-electron chi connectivity index (χ4n) is 4.50. The van der Waals surface area contributed by atoms with Crippen molar-refractivity contribution in [2.75, 3.05) is 13.2 Å². The lowest BCUT2D eigenvalue weighted by Gasteiger charge is -2.36. The first-order valence-corrected chi connectivity index (χ1v) is 11.7. The molecule has 6 amide bonds. The third-order valence-electron chi connectivity index (χ3n) is 6.50. The molecule has 0 aromatic carbocycles. The van der Waals surface area contributed by atoms with Crippen molar-refractivity contribution in [1.82, 2.24) is 20.9 Å². The topological polar surface area (TPSA) is 181 Å². The Kier molecular flexibility index (Phi) is 10.5. The van der Waals surface area contributed by atoms with Gasteiger partial charge in [-0.25, -0.2) is 9.59 Å². The van der Waals surface area contributed by atoms with Crippen LogP contribution in [-0.2, 0) is 14.3 Å². The molecule has 0 radical (unpaired) electrons. The molecule has 1 aliphatic carbocycles. The van der Waals surface area contributed by atoms with Gasteiger partial charge in [0.2, 0.25) is 11.8 Å². The highest BCUT2D eigenvalue weighted by molar-refractivity contribution is 6.33. The van der Waals surface area contributed by atoms with E-state index in [0.717, 1.165) is 19.3 Å². The predicted molar refractivity (Wildman–Crippen MR) is 123 cm³/mol. The molecule has 7 atom stereocenters. The van der Waals surface area contributed by atoms with Crippen molar-refractivity contribution in [3.05, 3.63) is 0 Å². The average Bonchev–Trinajstić information content (AvgIpc) is 3.36. The maximum absolute atomic E-state index is 12.7. The first-order valence-electron chi connectivity index (χ1n) is 11.3. The molecule has 210 valence electrons. The van der Waals surface area contributed by atoms with Crippen LogP contribution in [0.4, 0.5) is 22.8 Å². The maximum Gasteiger partial charge on any atom is 0.402 e. The summed E-state index contributed by atoms with van der Waals surface area (Å²) in [6.45, 7) is -1.39. The van der Waals surface area contributed by atoms with Gasteiger partial charge in [0, 0.05) is 18.7 Å². The lowest BCUT2D eigenvalue weighted by atomic mass is 9.94. The summed E-state index contributed by atoms with van der Waals surface area (Å²) >= 11 is 5.93. The van der Waals surface area contributed by atoms with Crippen molar-refractivity contribution in [3.63, 3.8) is 0 Å². The molecule has 3 heterocycles.